The number of anilines is 1. The predicted octanol–water partition coefficient (Wildman–Crippen LogP) is 4.65. The van der Waals surface area contributed by atoms with Crippen LogP contribution in [0.2, 0.25) is 0 Å². The fourth-order valence-corrected chi connectivity index (χ4v) is 4.46. The summed E-state index contributed by atoms with van der Waals surface area (Å²) in [5.41, 5.74) is 4.39. The number of nitrogens with one attached hydrogen (secondary N) is 1. The van der Waals surface area contributed by atoms with Crippen LogP contribution in [0.15, 0.2) is 77.9 Å². The van der Waals surface area contributed by atoms with Gasteiger partial charge in [0.05, 0.1) is 11.4 Å². The van der Waals surface area contributed by atoms with Gasteiger partial charge in [0, 0.05) is 30.7 Å². The van der Waals surface area contributed by atoms with Crippen molar-refractivity contribution in [2.75, 3.05) is 5.32 Å². The second kappa shape index (κ2) is 8.59. The van der Waals surface area contributed by atoms with E-state index in [9.17, 15) is 9.59 Å². The monoisotopic (exact) mass is 454 g/mol. The van der Waals surface area contributed by atoms with Gasteiger partial charge in [-0.15, -0.1) is 0 Å². The number of hydrogen-bond acceptors (Lipinski definition) is 3. The van der Waals surface area contributed by atoms with Crippen LogP contribution in [0.25, 0.3) is 11.3 Å². The third-order valence-corrected chi connectivity index (χ3v) is 6.25. The maximum absolute atomic E-state index is 15.2. The molecule has 1 aliphatic carbocycles. The van der Waals surface area contributed by atoms with Crippen LogP contribution in [0.5, 0.6) is 0 Å². The van der Waals surface area contributed by atoms with Gasteiger partial charge in [-0.1, -0.05) is 24.3 Å². The molecular weight excluding hydrogens is 431 g/mol. The number of halogens is 1. The summed E-state index contributed by atoms with van der Waals surface area (Å²) in [4.78, 5) is 30.3. The second-order valence-electron chi connectivity index (χ2n) is 8.27. The fourth-order valence-electron chi connectivity index (χ4n) is 4.46. The molecule has 0 fully saturated rings. The molecule has 170 valence electrons. The Hall–Kier alpha value is -4.26. The number of pyridine rings is 1. The first-order chi connectivity index (χ1) is 16.5. The summed E-state index contributed by atoms with van der Waals surface area (Å²) >= 11 is 0. The normalized spacial score (nSPS) is 12.7. The standard InChI is InChI=1S/C27H23FN4O2/c1-17-25(27(34)32(31(17)2)20-8-4-3-5-9-20)26(33)30-19-11-12-23(24(28)15-19)22-10-6-7-18-16-29-14-13-21(18)22/h3-5,8-16H,6-7H2,1-2H3,(H,30,33). The van der Waals surface area contributed by atoms with Gasteiger partial charge in [0.25, 0.3) is 11.5 Å². The molecule has 0 aliphatic heterocycles. The van der Waals surface area contributed by atoms with Crippen LogP contribution in [0.3, 0.4) is 0 Å². The molecule has 1 N–H and O–H groups in total. The number of benzene rings is 2. The summed E-state index contributed by atoms with van der Waals surface area (Å²) in [5.74, 6) is -1.02. The Morgan fingerprint density at radius 2 is 1.88 bits per heavy atom. The number of hydrogen-bond donors (Lipinski definition) is 1. The average Bonchev–Trinajstić information content (AvgIpc) is 3.07. The highest BCUT2D eigenvalue weighted by atomic mass is 19.1. The summed E-state index contributed by atoms with van der Waals surface area (Å²) in [5, 5.41) is 2.69. The summed E-state index contributed by atoms with van der Waals surface area (Å²) in [6.45, 7) is 1.71. The van der Waals surface area contributed by atoms with Gasteiger partial charge in [-0.25, -0.2) is 9.07 Å². The Morgan fingerprint density at radius 3 is 2.65 bits per heavy atom. The number of para-hydroxylation sites is 1. The third-order valence-electron chi connectivity index (χ3n) is 6.25. The molecule has 0 bridgehead atoms. The van der Waals surface area contributed by atoms with E-state index in [1.165, 1.54) is 10.7 Å². The molecule has 1 amide bonds. The van der Waals surface area contributed by atoms with Crippen molar-refractivity contribution in [2.24, 2.45) is 7.05 Å². The highest BCUT2D eigenvalue weighted by Gasteiger charge is 2.23. The van der Waals surface area contributed by atoms with E-state index in [2.05, 4.69) is 10.3 Å². The van der Waals surface area contributed by atoms with Gasteiger partial charge in [0.1, 0.15) is 11.4 Å². The van der Waals surface area contributed by atoms with Gasteiger partial charge in [0.2, 0.25) is 0 Å². The van der Waals surface area contributed by atoms with Crippen LogP contribution in [0.4, 0.5) is 10.1 Å². The topological polar surface area (TPSA) is 68.9 Å². The lowest BCUT2D eigenvalue weighted by molar-refractivity contribution is 0.102. The summed E-state index contributed by atoms with van der Waals surface area (Å²) in [6.07, 6.45) is 7.23. The number of nitrogens with zero attached hydrogens (tertiary/aromatic N) is 3. The van der Waals surface area contributed by atoms with E-state index in [1.54, 1.807) is 49.1 Å². The minimum Gasteiger partial charge on any atom is -0.322 e. The lowest BCUT2D eigenvalue weighted by atomic mass is 9.88. The molecule has 7 heteroatoms. The van der Waals surface area contributed by atoms with E-state index in [1.807, 2.05) is 36.5 Å². The van der Waals surface area contributed by atoms with Crippen molar-refractivity contribution in [1.29, 1.82) is 0 Å². The largest absolute Gasteiger partial charge is 0.322 e. The summed E-state index contributed by atoms with van der Waals surface area (Å²) < 4.78 is 18.2. The lowest BCUT2D eigenvalue weighted by Gasteiger charge is -2.18. The smallest absolute Gasteiger partial charge is 0.284 e. The van der Waals surface area contributed by atoms with Crippen LogP contribution >= 0.6 is 0 Å². The van der Waals surface area contributed by atoms with Crippen LogP contribution in [-0.4, -0.2) is 20.3 Å². The highest BCUT2D eigenvalue weighted by Crippen LogP contribution is 2.33. The number of aryl methyl sites for hydroxylation is 1. The van der Waals surface area contributed by atoms with E-state index in [4.69, 9.17) is 0 Å². The van der Waals surface area contributed by atoms with Crippen molar-refractivity contribution in [2.45, 2.75) is 19.8 Å². The average molecular weight is 455 g/mol. The SMILES string of the molecule is Cc1c(C(=O)Nc2ccc(C3=CCCc4cnccc43)c(F)c2)c(=O)n(-c2ccccc2)n1C. The van der Waals surface area contributed by atoms with E-state index >= 15 is 4.39 Å². The zero-order valence-electron chi connectivity index (χ0n) is 18.9. The summed E-state index contributed by atoms with van der Waals surface area (Å²) in [7, 11) is 1.72. The number of allylic oxidation sites excluding steroid dienone is 1. The van der Waals surface area contributed by atoms with Gasteiger partial charge in [0.15, 0.2) is 0 Å². The lowest BCUT2D eigenvalue weighted by Crippen LogP contribution is -2.25. The van der Waals surface area contributed by atoms with E-state index < -0.39 is 17.3 Å². The van der Waals surface area contributed by atoms with E-state index in [0.29, 0.717) is 16.9 Å². The van der Waals surface area contributed by atoms with Crippen LogP contribution in [-0.2, 0) is 13.5 Å². The molecule has 0 spiro atoms. The number of fused-ring (bicyclic) bond motifs is 1. The van der Waals surface area contributed by atoms with Crippen molar-refractivity contribution >= 4 is 17.2 Å². The Kier molecular flexibility index (Phi) is 5.45. The van der Waals surface area contributed by atoms with Gasteiger partial charge < -0.3 is 5.32 Å². The second-order valence-corrected chi connectivity index (χ2v) is 8.27. The minimum absolute atomic E-state index is 0.0206. The van der Waals surface area contributed by atoms with Crippen LogP contribution in [0.1, 0.15) is 39.2 Å². The van der Waals surface area contributed by atoms with Gasteiger partial charge in [-0.2, -0.15) is 0 Å². The zero-order chi connectivity index (χ0) is 23.8. The Morgan fingerprint density at radius 1 is 1.09 bits per heavy atom. The molecule has 5 rings (SSSR count). The Balaban J connectivity index is 1.45. The van der Waals surface area contributed by atoms with Gasteiger partial charge in [-0.3, -0.25) is 19.3 Å². The maximum atomic E-state index is 15.2. The van der Waals surface area contributed by atoms with Crippen molar-refractivity contribution in [3.8, 4) is 5.69 Å². The first-order valence-corrected chi connectivity index (χ1v) is 11.0. The van der Waals surface area contributed by atoms with Crippen LogP contribution in [0, 0.1) is 12.7 Å². The number of amides is 1. The van der Waals surface area contributed by atoms with Gasteiger partial charge >= 0.3 is 0 Å². The molecule has 2 aromatic heterocycles. The van der Waals surface area contributed by atoms with Crippen molar-refractivity contribution < 1.29 is 9.18 Å². The first kappa shape index (κ1) is 21.6. The molecule has 1 aliphatic rings. The maximum Gasteiger partial charge on any atom is 0.284 e. The van der Waals surface area contributed by atoms with Crippen molar-refractivity contribution in [3.05, 3.63) is 117 Å². The van der Waals surface area contributed by atoms with Gasteiger partial charge in [-0.05, 0) is 72.9 Å². The van der Waals surface area contributed by atoms with E-state index in [0.717, 1.165) is 29.5 Å². The number of carbonyl (C=O) groups is 1. The molecule has 4 aromatic rings. The molecule has 6 nitrogen and oxygen atoms in total. The first-order valence-electron chi connectivity index (χ1n) is 11.0. The Bertz CT molecular complexity index is 1500. The number of aromatic nitrogens is 3. The molecule has 2 heterocycles. The molecule has 0 atom stereocenters. The Labute approximate surface area is 196 Å². The predicted molar refractivity (Wildman–Crippen MR) is 130 cm³/mol. The van der Waals surface area contributed by atoms with Crippen molar-refractivity contribution in [1.82, 2.24) is 14.3 Å². The third kappa shape index (κ3) is 3.65. The number of carbonyl (C=O) groups excluding carboxylic acids is 1. The molecule has 0 unspecified atom stereocenters. The summed E-state index contributed by atoms with van der Waals surface area (Å²) in [6, 6.07) is 15.6. The molecule has 34 heavy (non-hydrogen) atoms. The molecule has 0 saturated carbocycles. The molecule has 0 radical (unpaired) electrons. The van der Waals surface area contributed by atoms with E-state index in [-0.39, 0.29) is 11.3 Å². The highest BCUT2D eigenvalue weighted by molar-refractivity contribution is 6.05. The number of rotatable bonds is 4. The van der Waals surface area contributed by atoms with Crippen LogP contribution < -0.4 is 10.9 Å². The fraction of sp³-hybridized carbons (Fsp3) is 0.148. The minimum atomic E-state index is -0.576. The molecule has 0 saturated heterocycles. The molecular formula is C27H23FN4O2. The van der Waals surface area contributed by atoms with Crippen molar-refractivity contribution in [3.63, 3.8) is 0 Å². The quantitative estimate of drug-likeness (QED) is 0.488. The molecule has 2 aromatic carbocycles. The zero-order valence-corrected chi connectivity index (χ0v) is 18.9.